The van der Waals surface area contributed by atoms with Crippen molar-refractivity contribution >= 4 is 40.1 Å². The normalized spacial score (nSPS) is 26.7. The summed E-state index contributed by atoms with van der Waals surface area (Å²) in [6.45, 7) is 7.99. The number of hydrogen-bond donors (Lipinski definition) is 0. The molecule has 0 amide bonds. The van der Waals surface area contributed by atoms with Crippen molar-refractivity contribution in [2.45, 2.75) is 45.4 Å². The fraction of sp³-hybridized carbons (Fsp3) is 0.450. The molecule has 0 radical (unpaired) electrons. The van der Waals surface area contributed by atoms with Gasteiger partial charge in [0.1, 0.15) is 10.9 Å². The highest BCUT2D eigenvalue weighted by Crippen LogP contribution is 2.45. The number of aromatic nitrogens is 1. The largest absolute Gasteiger partial charge is 0.298 e. The summed E-state index contributed by atoms with van der Waals surface area (Å²) in [5.41, 5.74) is 1.37. The first-order valence-corrected chi connectivity index (χ1v) is 9.89. The Balaban J connectivity index is 1.85. The van der Waals surface area contributed by atoms with Gasteiger partial charge in [0.2, 0.25) is 0 Å². The van der Waals surface area contributed by atoms with Crippen molar-refractivity contribution in [3.63, 3.8) is 0 Å². The topological polar surface area (TPSA) is 47.0 Å². The number of fused-ring (bicyclic) bond motifs is 2. The van der Waals surface area contributed by atoms with Gasteiger partial charge < -0.3 is 0 Å². The second-order valence-corrected chi connectivity index (χ2v) is 8.40. The van der Waals surface area contributed by atoms with Gasteiger partial charge in [-0.3, -0.25) is 9.59 Å². The fourth-order valence-corrected chi connectivity index (χ4v) is 4.83. The molecule has 0 saturated heterocycles. The highest BCUT2D eigenvalue weighted by atomic mass is 35.5. The van der Waals surface area contributed by atoms with Crippen LogP contribution in [0.2, 0.25) is 0 Å². The van der Waals surface area contributed by atoms with Gasteiger partial charge in [-0.25, -0.2) is 4.98 Å². The van der Waals surface area contributed by atoms with E-state index in [-0.39, 0.29) is 23.4 Å². The third kappa shape index (κ3) is 3.56. The standard InChI is InChI=1S/C20H22ClNO2S/c1-4-5-15(21)9-6-11(2)20-22-17(12(3)25-20)16-18(23)13-7-8-14(10-13)19(16)24/h5-6,9,13-14,16H,2,4,7-8,10H2,1,3H3/b9-6-,15-5+/t13-,14+,16?. The highest BCUT2D eigenvalue weighted by Gasteiger charge is 2.48. The Hall–Kier alpha value is -1.52. The lowest BCUT2D eigenvalue weighted by molar-refractivity contribution is -0.136. The molecule has 5 heteroatoms. The zero-order chi connectivity index (χ0) is 18.1. The number of carbonyl (C=O) groups excluding carboxylic acids is 2. The van der Waals surface area contributed by atoms with Crippen molar-refractivity contribution in [3.8, 4) is 0 Å². The molecule has 2 aliphatic carbocycles. The first-order valence-electron chi connectivity index (χ1n) is 8.70. The zero-order valence-corrected chi connectivity index (χ0v) is 16.1. The number of rotatable bonds is 5. The van der Waals surface area contributed by atoms with Crippen molar-refractivity contribution in [2.75, 3.05) is 0 Å². The number of aryl methyl sites for hydroxylation is 1. The predicted octanol–water partition coefficient (Wildman–Crippen LogP) is 5.21. The van der Waals surface area contributed by atoms with Crippen LogP contribution in [-0.4, -0.2) is 16.6 Å². The summed E-state index contributed by atoms with van der Waals surface area (Å²) >= 11 is 7.55. The van der Waals surface area contributed by atoms with Crippen LogP contribution in [-0.2, 0) is 9.59 Å². The Bertz CT molecular complexity index is 768. The molecule has 2 saturated carbocycles. The monoisotopic (exact) mass is 375 g/mol. The van der Waals surface area contributed by atoms with Gasteiger partial charge in [0.15, 0.2) is 11.6 Å². The van der Waals surface area contributed by atoms with E-state index in [0.29, 0.717) is 10.7 Å². The minimum absolute atomic E-state index is 0.0401. The number of nitrogens with zero attached hydrogens (tertiary/aromatic N) is 1. The smallest absolute Gasteiger partial charge is 0.152 e. The van der Waals surface area contributed by atoms with E-state index in [0.717, 1.165) is 41.1 Å². The van der Waals surface area contributed by atoms with E-state index in [1.807, 2.05) is 26.0 Å². The van der Waals surface area contributed by atoms with Crippen LogP contribution < -0.4 is 0 Å². The van der Waals surface area contributed by atoms with Crippen molar-refractivity contribution in [1.29, 1.82) is 0 Å². The summed E-state index contributed by atoms with van der Waals surface area (Å²) in [5, 5.41) is 1.40. The molecule has 3 atom stereocenters. The molecular formula is C20H22ClNO2S. The molecule has 0 N–H and O–H groups in total. The Labute approximate surface area is 157 Å². The van der Waals surface area contributed by atoms with Crippen molar-refractivity contribution in [3.05, 3.63) is 45.4 Å². The number of hydrogen-bond acceptors (Lipinski definition) is 4. The van der Waals surface area contributed by atoms with E-state index in [4.69, 9.17) is 11.6 Å². The third-order valence-electron chi connectivity index (χ3n) is 5.03. The van der Waals surface area contributed by atoms with Crippen LogP contribution in [0.3, 0.4) is 0 Å². The number of halogens is 1. The van der Waals surface area contributed by atoms with Crippen LogP contribution in [0.1, 0.15) is 54.1 Å². The summed E-state index contributed by atoms with van der Waals surface area (Å²) in [6, 6.07) is 0. The van der Waals surface area contributed by atoms with Crippen molar-refractivity contribution in [1.82, 2.24) is 4.98 Å². The molecule has 0 spiro atoms. The quantitative estimate of drug-likeness (QED) is 0.524. The molecule has 1 aromatic rings. The van der Waals surface area contributed by atoms with Gasteiger partial charge in [-0.2, -0.15) is 0 Å². The second kappa shape index (κ2) is 7.38. The van der Waals surface area contributed by atoms with Gasteiger partial charge in [0.25, 0.3) is 0 Å². The lowest BCUT2D eigenvalue weighted by Crippen LogP contribution is -2.35. The molecule has 0 aromatic carbocycles. The minimum Gasteiger partial charge on any atom is -0.298 e. The Kier molecular flexibility index (Phi) is 5.40. The fourth-order valence-electron chi connectivity index (χ4n) is 3.71. The van der Waals surface area contributed by atoms with Crippen LogP contribution in [0.15, 0.2) is 29.8 Å². The number of ketones is 2. The molecule has 2 fully saturated rings. The summed E-state index contributed by atoms with van der Waals surface area (Å²) in [6.07, 6.45) is 8.83. The van der Waals surface area contributed by atoms with Crippen LogP contribution in [0.5, 0.6) is 0 Å². The summed E-state index contributed by atoms with van der Waals surface area (Å²) < 4.78 is 0. The Morgan fingerprint density at radius 1 is 1.28 bits per heavy atom. The molecule has 1 heterocycles. The lowest BCUT2D eigenvalue weighted by atomic mass is 9.77. The van der Waals surface area contributed by atoms with E-state index < -0.39 is 5.92 Å². The van der Waals surface area contributed by atoms with Crippen LogP contribution in [0.4, 0.5) is 0 Å². The molecule has 132 valence electrons. The predicted molar refractivity (Wildman–Crippen MR) is 103 cm³/mol. The first kappa shape index (κ1) is 18.3. The summed E-state index contributed by atoms with van der Waals surface area (Å²) in [4.78, 5) is 30.9. The van der Waals surface area contributed by atoms with Gasteiger partial charge in [0, 0.05) is 27.3 Å². The average molecular weight is 376 g/mol. The SMILES string of the molecule is C=C(/C=C\C(Cl)=C/CC)c1nc(C2C(=O)[C@@H]3CC[C@@H](C3)C2=O)c(C)s1. The molecule has 2 bridgehead atoms. The molecule has 1 unspecified atom stereocenters. The van der Waals surface area contributed by atoms with Crippen molar-refractivity contribution < 1.29 is 9.59 Å². The number of allylic oxidation sites excluding steroid dienone is 5. The number of carbonyl (C=O) groups is 2. The van der Waals surface area contributed by atoms with E-state index in [2.05, 4.69) is 11.6 Å². The zero-order valence-electron chi connectivity index (χ0n) is 14.5. The maximum atomic E-state index is 12.7. The Morgan fingerprint density at radius 3 is 2.52 bits per heavy atom. The minimum atomic E-state index is -0.670. The second-order valence-electron chi connectivity index (χ2n) is 6.76. The maximum Gasteiger partial charge on any atom is 0.152 e. The molecule has 2 aliphatic rings. The lowest BCUT2D eigenvalue weighted by Gasteiger charge is -2.24. The van der Waals surface area contributed by atoms with Gasteiger partial charge in [-0.15, -0.1) is 11.3 Å². The molecule has 3 rings (SSSR count). The van der Waals surface area contributed by atoms with E-state index in [1.54, 1.807) is 6.08 Å². The number of thiazole rings is 1. The molecule has 25 heavy (non-hydrogen) atoms. The van der Waals surface area contributed by atoms with Gasteiger partial charge in [-0.05, 0) is 38.7 Å². The first-order chi connectivity index (χ1) is 11.9. The molecule has 0 aliphatic heterocycles. The van der Waals surface area contributed by atoms with Crippen molar-refractivity contribution in [2.24, 2.45) is 11.8 Å². The maximum absolute atomic E-state index is 12.7. The van der Waals surface area contributed by atoms with E-state index in [9.17, 15) is 9.59 Å². The summed E-state index contributed by atoms with van der Waals surface area (Å²) in [5.74, 6) is -0.462. The van der Waals surface area contributed by atoms with Gasteiger partial charge >= 0.3 is 0 Å². The van der Waals surface area contributed by atoms with E-state index in [1.165, 1.54) is 11.3 Å². The molecular weight excluding hydrogens is 354 g/mol. The van der Waals surface area contributed by atoms with Crippen LogP contribution in [0, 0.1) is 18.8 Å². The molecule has 1 aromatic heterocycles. The Morgan fingerprint density at radius 2 is 1.92 bits per heavy atom. The van der Waals surface area contributed by atoms with Gasteiger partial charge in [0.05, 0.1) is 5.69 Å². The summed E-state index contributed by atoms with van der Waals surface area (Å²) in [7, 11) is 0. The van der Waals surface area contributed by atoms with Gasteiger partial charge in [-0.1, -0.05) is 37.3 Å². The molecule has 3 nitrogen and oxygen atoms in total. The highest BCUT2D eigenvalue weighted by molar-refractivity contribution is 7.12. The number of Topliss-reactive ketones (excluding diaryl/α,β-unsaturated/α-hetero) is 2. The third-order valence-corrected chi connectivity index (χ3v) is 6.37. The van der Waals surface area contributed by atoms with Crippen LogP contribution >= 0.6 is 22.9 Å². The average Bonchev–Trinajstić information content (AvgIpc) is 3.18. The van der Waals surface area contributed by atoms with E-state index >= 15 is 0 Å². The van der Waals surface area contributed by atoms with Crippen LogP contribution in [0.25, 0.3) is 5.57 Å².